The van der Waals surface area contributed by atoms with Gasteiger partial charge in [-0.15, -0.1) is 0 Å². The number of hydrogen-bond donors (Lipinski definition) is 0. The van der Waals surface area contributed by atoms with Crippen molar-refractivity contribution in [3.63, 3.8) is 0 Å². The minimum absolute atomic E-state index is 0.232. The molecule has 1 heterocycles. The number of likely N-dealkylation sites (tertiary alicyclic amines) is 1. The van der Waals surface area contributed by atoms with Gasteiger partial charge in [0, 0.05) is 19.5 Å². The molecule has 182 valence electrons. The molecule has 1 aliphatic rings. The van der Waals surface area contributed by atoms with E-state index in [1.807, 2.05) is 60.7 Å². The molecule has 0 radical (unpaired) electrons. The van der Waals surface area contributed by atoms with Crippen molar-refractivity contribution >= 4 is 11.9 Å². The summed E-state index contributed by atoms with van der Waals surface area (Å²) in [6, 6.07) is 26.1. The molecule has 0 aromatic heterocycles. The van der Waals surface area contributed by atoms with Crippen molar-refractivity contribution < 1.29 is 18.7 Å². The van der Waals surface area contributed by atoms with Crippen LogP contribution in [0.4, 0.5) is 9.18 Å². The fraction of sp³-hybridized carbons (Fsp3) is 0.333. The van der Waals surface area contributed by atoms with Gasteiger partial charge in [0.1, 0.15) is 18.2 Å². The van der Waals surface area contributed by atoms with Crippen LogP contribution in [0.5, 0.6) is 0 Å². The SMILES string of the molecule is O=C(OCc1ccccc1)N1CCC(C(=O)CCCCc2ccc(F)cc2)(c2ccccc2)CC1. The first kappa shape index (κ1) is 24.6. The third-order valence-electron chi connectivity index (χ3n) is 6.97. The minimum Gasteiger partial charge on any atom is -0.445 e. The number of ether oxygens (including phenoxy) is 1. The zero-order valence-corrected chi connectivity index (χ0v) is 20.0. The highest BCUT2D eigenvalue weighted by Gasteiger charge is 2.43. The second-order valence-electron chi connectivity index (χ2n) is 9.23. The Kier molecular flexibility index (Phi) is 8.30. The Morgan fingerprint density at radius 3 is 2.09 bits per heavy atom. The molecule has 4 rings (SSSR count). The van der Waals surface area contributed by atoms with Gasteiger partial charge in [-0.3, -0.25) is 4.79 Å². The van der Waals surface area contributed by atoms with Crippen LogP contribution < -0.4 is 0 Å². The van der Waals surface area contributed by atoms with Gasteiger partial charge in [-0.05, 0) is 60.9 Å². The highest BCUT2D eigenvalue weighted by Crippen LogP contribution is 2.38. The van der Waals surface area contributed by atoms with E-state index in [4.69, 9.17) is 4.74 Å². The van der Waals surface area contributed by atoms with Crippen molar-refractivity contribution in [2.45, 2.75) is 50.5 Å². The molecule has 1 aliphatic heterocycles. The Hall–Kier alpha value is -3.47. The fourth-order valence-electron chi connectivity index (χ4n) is 4.87. The number of aryl methyl sites for hydroxylation is 1. The molecule has 0 bridgehead atoms. The van der Waals surface area contributed by atoms with Gasteiger partial charge in [0.05, 0.1) is 5.41 Å². The first-order valence-electron chi connectivity index (χ1n) is 12.4. The molecule has 3 aromatic rings. The third kappa shape index (κ3) is 6.36. The minimum atomic E-state index is -0.576. The van der Waals surface area contributed by atoms with E-state index in [-0.39, 0.29) is 24.3 Å². The van der Waals surface area contributed by atoms with Crippen LogP contribution in [0.1, 0.15) is 48.8 Å². The number of carbonyl (C=O) groups excluding carboxylic acids is 2. The van der Waals surface area contributed by atoms with E-state index in [0.29, 0.717) is 32.4 Å². The molecule has 3 aromatic carbocycles. The molecule has 0 N–H and O–H groups in total. The summed E-state index contributed by atoms with van der Waals surface area (Å²) in [5.74, 6) is 0.00382. The largest absolute Gasteiger partial charge is 0.445 e. The number of rotatable bonds is 9. The van der Waals surface area contributed by atoms with Crippen LogP contribution in [0.2, 0.25) is 0 Å². The first-order valence-corrected chi connectivity index (χ1v) is 12.4. The Bertz CT molecular complexity index is 1090. The van der Waals surface area contributed by atoms with E-state index >= 15 is 0 Å². The molecule has 0 unspecified atom stereocenters. The Labute approximate surface area is 206 Å². The summed E-state index contributed by atoms with van der Waals surface area (Å²) < 4.78 is 18.6. The summed E-state index contributed by atoms with van der Waals surface area (Å²) >= 11 is 0. The molecule has 0 saturated carbocycles. The van der Waals surface area contributed by atoms with Gasteiger partial charge in [-0.25, -0.2) is 9.18 Å². The van der Waals surface area contributed by atoms with Crippen LogP contribution in [-0.2, 0) is 28.0 Å². The molecular formula is C30H32FNO3. The number of ketones is 1. The number of carbonyl (C=O) groups is 2. The summed E-state index contributed by atoms with van der Waals surface area (Å²) in [6.45, 7) is 1.22. The number of benzene rings is 3. The molecule has 0 spiro atoms. The second-order valence-corrected chi connectivity index (χ2v) is 9.23. The van der Waals surface area contributed by atoms with Crippen LogP contribution in [0.25, 0.3) is 0 Å². The molecule has 1 saturated heterocycles. The number of unbranched alkanes of at least 4 members (excludes halogenated alkanes) is 1. The Morgan fingerprint density at radius 2 is 1.43 bits per heavy atom. The fourth-order valence-corrected chi connectivity index (χ4v) is 4.87. The monoisotopic (exact) mass is 473 g/mol. The predicted molar refractivity (Wildman–Crippen MR) is 135 cm³/mol. The van der Waals surface area contributed by atoms with Crippen molar-refractivity contribution in [1.82, 2.24) is 4.90 Å². The van der Waals surface area contributed by atoms with E-state index < -0.39 is 5.41 Å². The van der Waals surface area contributed by atoms with E-state index in [9.17, 15) is 14.0 Å². The number of nitrogens with zero attached hydrogens (tertiary/aromatic N) is 1. The molecule has 1 amide bonds. The van der Waals surface area contributed by atoms with Crippen LogP contribution >= 0.6 is 0 Å². The summed E-state index contributed by atoms with van der Waals surface area (Å²) in [6.07, 6.45) is 3.83. The zero-order chi connectivity index (χ0) is 24.5. The van der Waals surface area contributed by atoms with Gasteiger partial charge in [-0.2, -0.15) is 0 Å². The number of halogens is 1. The maximum atomic E-state index is 13.6. The summed E-state index contributed by atoms with van der Waals surface area (Å²) in [5.41, 5.74) is 2.49. The van der Waals surface area contributed by atoms with Gasteiger partial charge in [0.25, 0.3) is 0 Å². The molecule has 0 atom stereocenters. The Morgan fingerprint density at radius 1 is 0.800 bits per heavy atom. The lowest BCUT2D eigenvalue weighted by Crippen LogP contribution is -2.49. The summed E-state index contributed by atoms with van der Waals surface area (Å²) in [4.78, 5) is 27.9. The topological polar surface area (TPSA) is 46.6 Å². The van der Waals surface area contributed by atoms with Crippen molar-refractivity contribution in [1.29, 1.82) is 0 Å². The van der Waals surface area contributed by atoms with Gasteiger partial charge >= 0.3 is 6.09 Å². The molecule has 1 fully saturated rings. The number of piperidine rings is 1. The number of hydrogen-bond acceptors (Lipinski definition) is 3. The van der Waals surface area contributed by atoms with Crippen molar-refractivity contribution in [2.24, 2.45) is 0 Å². The quantitative estimate of drug-likeness (QED) is 0.334. The van der Waals surface area contributed by atoms with E-state index in [0.717, 1.165) is 36.0 Å². The van der Waals surface area contributed by atoms with Gasteiger partial charge in [0.2, 0.25) is 0 Å². The average Bonchev–Trinajstić information content (AvgIpc) is 2.91. The first-order chi connectivity index (χ1) is 17.1. The van der Waals surface area contributed by atoms with Crippen LogP contribution in [0.3, 0.4) is 0 Å². The number of Topliss-reactive ketones (excluding diaryl/α,β-unsaturated/α-hetero) is 1. The third-order valence-corrected chi connectivity index (χ3v) is 6.97. The van der Waals surface area contributed by atoms with E-state index in [1.165, 1.54) is 12.1 Å². The maximum absolute atomic E-state index is 13.6. The lowest BCUT2D eigenvalue weighted by atomic mass is 9.68. The maximum Gasteiger partial charge on any atom is 0.410 e. The van der Waals surface area contributed by atoms with E-state index in [2.05, 4.69) is 0 Å². The number of amides is 1. The highest BCUT2D eigenvalue weighted by molar-refractivity contribution is 5.90. The normalized spacial score (nSPS) is 14.9. The molecular weight excluding hydrogens is 441 g/mol. The van der Waals surface area contributed by atoms with Crippen LogP contribution in [0.15, 0.2) is 84.9 Å². The lowest BCUT2D eigenvalue weighted by Gasteiger charge is -2.41. The molecule has 0 aliphatic carbocycles. The van der Waals surface area contributed by atoms with Crippen LogP contribution in [0, 0.1) is 5.82 Å². The molecule has 5 heteroatoms. The predicted octanol–water partition coefficient (Wildman–Crippen LogP) is 6.48. The van der Waals surface area contributed by atoms with E-state index in [1.54, 1.807) is 17.0 Å². The zero-order valence-electron chi connectivity index (χ0n) is 20.0. The lowest BCUT2D eigenvalue weighted by molar-refractivity contribution is -0.126. The standard InChI is InChI=1S/C30H32FNO3/c31-27-17-15-24(16-18-27)9-7-8-14-28(33)30(26-12-5-2-6-13-26)19-21-32(22-20-30)29(34)35-23-25-10-3-1-4-11-25/h1-6,10-13,15-18H,7-9,14,19-23H2. The van der Waals surface area contributed by atoms with Crippen molar-refractivity contribution in [3.05, 3.63) is 107 Å². The summed E-state index contributed by atoms with van der Waals surface area (Å²) in [7, 11) is 0. The smallest absolute Gasteiger partial charge is 0.410 e. The van der Waals surface area contributed by atoms with Crippen LogP contribution in [-0.4, -0.2) is 29.9 Å². The second kappa shape index (κ2) is 11.8. The Balaban J connectivity index is 1.34. The molecule has 35 heavy (non-hydrogen) atoms. The molecule has 4 nitrogen and oxygen atoms in total. The van der Waals surface area contributed by atoms with Gasteiger partial charge in [-0.1, -0.05) is 72.8 Å². The van der Waals surface area contributed by atoms with Gasteiger partial charge in [0.15, 0.2) is 0 Å². The van der Waals surface area contributed by atoms with Crippen molar-refractivity contribution in [3.8, 4) is 0 Å². The summed E-state index contributed by atoms with van der Waals surface area (Å²) in [5, 5.41) is 0. The average molecular weight is 474 g/mol. The highest BCUT2D eigenvalue weighted by atomic mass is 19.1. The van der Waals surface area contributed by atoms with Gasteiger partial charge < -0.3 is 9.64 Å². The van der Waals surface area contributed by atoms with Crippen molar-refractivity contribution in [2.75, 3.05) is 13.1 Å².